The van der Waals surface area contributed by atoms with Gasteiger partial charge in [-0.3, -0.25) is 10.2 Å². The fourth-order valence-corrected chi connectivity index (χ4v) is 4.33. The van der Waals surface area contributed by atoms with Gasteiger partial charge in [0.25, 0.3) is 5.91 Å². The Balaban J connectivity index is 1.53. The number of thioether (sulfide) groups is 1. The Morgan fingerprint density at radius 2 is 1.88 bits per heavy atom. The lowest BCUT2D eigenvalue weighted by molar-refractivity contribution is -0.114. The first-order valence-electron chi connectivity index (χ1n) is 10.8. The third-order valence-corrected chi connectivity index (χ3v) is 6.12. The standard InChI is InChI=1S/C24H23ClN4O4S/c1-3-20-28-29-22(26)17(23(30)27-24(29)34-20)12-15-13-18(25)21(19(14-15)31-4-2)33-11-10-32-16-8-6-5-7-9-16/h5-9,12-14,26H,3-4,10-11H2,1-2H3/b17-12+,26-22?. The monoisotopic (exact) mass is 498 g/mol. The highest BCUT2D eigenvalue weighted by Gasteiger charge is 2.35. The van der Waals surface area contributed by atoms with Gasteiger partial charge in [-0.15, -0.1) is 0 Å². The van der Waals surface area contributed by atoms with Crippen LogP contribution in [0.25, 0.3) is 6.08 Å². The molecular formula is C24H23ClN4O4S. The van der Waals surface area contributed by atoms with Crippen LogP contribution in [0.3, 0.4) is 0 Å². The van der Waals surface area contributed by atoms with Crippen molar-refractivity contribution in [3.8, 4) is 17.2 Å². The van der Waals surface area contributed by atoms with E-state index in [0.29, 0.717) is 46.9 Å². The SMILES string of the molecule is CCOc1cc(/C=C2\C(=N)N3N=C(CC)SC3=NC2=O)cc(Cl)c1OCCOc1ccccc1. The van der Waals surface area contributed by atoms with Gasteiger partial charge in [0.1, 0.15) is 24.0 Å². The number of nitrogens with one attached hydrogen (secondary N) is 1. The summed E-state index contributed by atoms with van der Waals surface area (Å²) in [6.07, 6.45) is 2.26. The van der Waals surface area contributed by atoms with Crippen molar-refractivity contribution in [3.63, 3.8) is 0 Å². The Kier molecular flexibility index (Phi) is 7.54. The number of carbonyl (C=O) groups is 1. The Hall–Kier alpha value is -3.30. The van der Waals surface area contributed by atoms with Crippen LogP contribution in [0.5, 0.6) is 17.2 Å². The molecule has 0 unspecified atom stereocenters. The number of rotatable bonds is 9. The minimum atomic E-state index is -0.497. The minimum absolute atomic E-state index is 0.0292. The second kappa shape index (κ2) is 10.8. The van der Waals surface area contributed by atoms with Crippen LogP contribution in [0.4, 0.5) is 0 Å². The second-order valence-electron chi connectivity index (χ2n) is 7.14. The minimum Gasteiger partial charge on any atom is -0.490 e. The van der Waals surface area contributed by atoms with E-state index >= 15 is 0 Å². The average molecular weight is 499 g/mol. The van der Waals surface area contributed by atoms with Gasteiger partial charge in [-0.25, -0.2) is 0 Å². The maximum Gasteiger partial charge on any atom is 0.283 e. The summed E-state index contributed by atoms with van der Waals surface area (Å²) < 4.78 is 17.2. The zero-order valence-corrected chi connectivity index (χ0v) is 20.3. The van der Waals surface area contributed by atoms with Crippen LogP contribution in [0, 0.1) is 5.41 Å². The zero-order valence-electron chi connectivity index (χ0n) is 18.7. The number of benzene rings is 2. The van der Waals surface area contributed by atoms with E-state index in [-0.39, 0.29) is 18.0 Å². The first-order valence-corrected chi connectivity index (χ1v) is 12.0. The van der Waals surface area contributed by atoms with Gasteiger partial charge in [-0.1, -0.05) is 36.7 Å². The van der Waals surface area contributed by atoms with Crippen LogP contribution in [0.15, 0.2) is 58.1 Å². The molecule has 2 aromatic carbocycles. The van der Waals surface area contributed by atoms with E-state index in [0.717, 1.165) is 10.8 Å². The van der Waals surface area contributed by atoms with Gasteiger partial charge in [0.15, 0.2) is 17.3 Å². The predicted molar refractivity (Wildman–Crippen MR) is 135 cm³/mol. The predicted octanol–water partition coefficient (Wildman–Crippen LogP) is 5.23. The summed E-state index contributed by atoms with van der Waals surface area (Å²) in [5, 5.41) is 15.7. The van der Waals surface area contributed by atoms with E-state index in [9.17, 15) is 4.79 Å². The van der Waals surface area contributed by atoms with Crippen LogP contribution in [0.1, 0.15) is 25.8 Å². The molecule has 0 fully saturated rings. The third-order valence-electron chi connectivity index (χ3n) is 4.78. The summed E-state index contributed by atoms with van der Waals surface area (Å²) in [6.45, 7) is 4.81. The number of amidine groups is 2. The molecule has 2 aromatic rings. The lowest BCUT2D eigenvalue weighted by Crippen LogP contribution is -2.35. The molecule has 10 heteroatoms. The number of para-hydroxylation sites is 1. The van der Waals surface area contributed by atoms with E-state index in [2.05, 4.69) is 10.1 Å². The first-order chi connectivity index (χ1) is 16.5. The lowest BCUT2D eigenvalue weighted by Gasteiger charge is -2.20. The Morgan fingerprint density at radius 3 is 2.62 bits per heavy atom. The highest BCUT2D eigenvalue weighted by Crippen LogP contribution is 2.38. The van der Waals surface area contributed by atoms with Crippen molar-refractivity contribution in [2.24, 2.45) is 10.1 Å². The van der Waals surface area contributed by atoms with Crippen molar-refractivity contribution in [1.29, 1.82) is 5.41 Å². The molecule has 0 spiro atoms. The number of halogens is 1. The van der Waals surface area contributed by atoms with Crippen LogP contribution in [-0.4, -0.2) is 46.8 Å². The van der Waals surface area contributed by atoms with Gasteiger partial charge in [-0.2, -0.15) is 15.1 Å². The second-order valence-corrected chi connectivity index (χ2v) is 8.59. The summed E-state index contributed by atoms with van der Waals surface area (Å²) in [5.74, 6) is 1.05. The fraction of sp³-hybridized carbons (Fsp3) is 0.250. The summed E-state index contributed by atoms with van der Waals surface area (Å²) in [7, 11) is 0. The number of carbonyl (C=O) groups excluding carboxylic acids is 1. The van der Waals surface area contributed by atoms with Gasteiger partial charge in [-0.05, 0) is 61.0 Å². The number of aliphatic imine (C=N–C) groups is 1. The molecule has 0 saturated heterocycles. The van der Waals surface area contributed by atoms with Gasteiger partial charge < -0.3 is 14.2 Å². The molecule has 0 atom stereocenters. The molecule has 34 heavy (non-hydrogen) atoms. The van der Waals surface area contributed by atoms with E-state index in [1.165, 1.54) is 16.8 Å². The summed E-state index contributed by atoms with van der Waals surface area (Å²) in [6, 6.07) is 12.8. The average Bonchev–Trinajstić information content (AvgIpc) is 3.25. The topological polar surface area (TPSA) is 96.6 Å². The van der Waals surface area contributed by atoms with Crippen molar-refractivity contribution >= 4 is 51.4 Å². The van der Waals surface area contributed by atoms with Crippen LogP contribution in [0.2, 0.25) is 5.02 Å². The largest absolute Gasteiger partial charge is 0.490 e. The normalized spacial score (nSPS) is 16.3. The molecule has 4 rings (SSSR count). The summed E-state index contributed by atoms with van der Waals surface area (Å²) >= 11 is 7.81. The Bertz CT molecular complexity index is 1200. The van der Waals surface area contributed by atoms with Gasteiger partial charge in [0.05, 0.1) is 17.2 Å². The van der Waals surface area contributed by atoms with E-state index in [1.807, 2.05) is 44.2 Å². The van der Waals surface area contributed by atoms with Gasteiger partial charge in [0, 0.05) is 0 Å². The molecular weight excluding hydrogens is 476 g/mol. The maximum absolute atomic E-state index is 12.6. The van der Waals surface area contributed by atoms with Crippen LogP contribution >= 0.6 is 23.4 Å². The number of hydrazone groups is 1. The molecule has 8 nitrogen and oxygen atoms in total. The van der Waals surface area contributed by atoms with Crippen molar-refractivity contribution in [2.45, 2.75) is 20.3 Å². The van der Waals surface area contributed by atoms with Crippen molar-refractivity contribution in [2.75, 3.05) is 19.8 Å². The maximum atomic E-state index is 12.6. The first kappa shape index (κ1) is 23.8. The fourth-order valence-electron chi connectivity index (χ4n) is 3.24. The molecule has 176 valence electrons. The van der Waals surface area contributed by atoms with Crippen LogP contribution in [-0.2, 0) is 4.79 Å². The quantitative estimate of drug-likeness (QED) is 0.376. The smallest absolute Gasteiger partial charge is 0.283 e. The molecule has 1 amide bonds. The number of nitrogens with zero attached hydrogens (tertiary/aromatic N) is 3. The van der Waals surface area contributed by atoms with Gasteiger partial charge >= 0.3 is 0 Å². The van der Waals surface area contributed by atoms with E-state index in [1.54, 1.807) is 18.2 Å². The van der Waals surface area contributed by atoms with Crippen LogP contribution < -0.4 is 14.2 Å². The third kappa shape index (κ3) is 5.26. The molecule has 0 aromatic heterocycles. The number of hydrogen-bond acceptors (Lipinski definition) is 7. The molecule has 0 aliphatic carbocycles. The molecule has 2 aliphatic heterocycles. The Morgan fingerprint density at radius 1 is 1.12 bits per heavy atom. The van der Waals surface area contributed by atoms with Gasteiger partial charge in [0.2, 0.25) is 5.17 Å². The number of ether oxygens (including phenoxy) is 3. The lowest BCUT2D eigenvalue weighted by atomic mass is 10.1. The molecule has 2 aliphatic rings. The van der Waals surface area contributed by atoms with Crippen molar-refractivity contribution in [1.82, 2.24) is 5.01 Å². The zero-order chi connectivity index (χ0) is 24.1. The van der Waals surface area contributed by atoms with Crippen molar-refractivity contribution < 1.29 is 19.0 Å². The summed E-state index contributed by atoms with van der Waals surface area (Å²) in [4.78, 5) is 16.7. The number of fused-ring (bicyclic) bond motifs is 1. The molecule has 1 N–H and O–H groups in total. The highest BCUT2D eigenvalue weighted by atomic mass is 35.5. The molecule has 0 bridgehead atoms. The Labute approximate surface area is 206 Å². The summed E-state index contributed by atoms with van der Waals surface area (Å²) in [5.41, 5.74) is 0.702. The van der Waals surface area contributed by atoms with E-state index < -0.39 is 5.91 Å². The van der Waals surface area contributed by atoms with E-state index in [4.69, 9.17) is 31.2 Å². The molecule has 0 saturated carbocycles. The molecule has 2 heterocycles. The number of hydrogen-bond donors (Lipinski definition) is 1. The number of amides is 1. The highest BCUT2D eigenvalue weighted by molar-refractivity contribution is 8.26. The molecule has 0 radical (unpaired) electrons. The van der Waals surface area contributed by atoms with Crippen molar-refractivity contribution in [3.05, 3.63) is 58.6 Å².